The van der Waals surface area contributed by atoms with Crippen molar-refractivity contribution in [1.82, 2.24) is 6.15 Å². The van der Waals surface area contributed by atoms with Gasteiger partial charge in [0.15, 0.2) is 0 Å². The van der Waals surface area contributed by atoms with E-state index in [0.29, 0.717) is 0 Å². The molecule has 0 aromatic rings. The van der Waals surface area contributed by atoms with Crippen LogP contribution < -0.4 is 6.15 Å². The van der Waals surface area contributed by atoms with Gasteiger partial charge in [-0.2, -0.15) is 0 Å². The lowest BCUT2D eigenvalue weighted by molar-refractivity contribution is 1.41. The maximum Gasteiger partial charge on any atom is -0.0163 e. The maximum atomic E-state index is 2.12. The molecule has 0 aromatic carbocycles. The van der Waals surface area contributed by atoms with Crippen molar-refractivity contribution in [3.05, 3.63) is 36.5 Å². The molecule has 8 heavy (non-hydrogen) atoms. The van der Waals surface area contributed by atoms with Gasteiger partial charge in [-0.1, -0.05) is 36.5 Å². The molecule has 1 nitrogen and oxygen atoms in total. The minimum absolute atomic E-state index is 0. The molecule has 1 aliphatic carbocycles. The van der Waals surface area contributed by atoms with Crippen molar-refractivity contribution in [2.24, 2.45) is 0 Å². The van der Waals surface area contributed by atoms with E-state index in [0.717, 1.165) is 6.42 Å². The second-order valence-electron chi connectivity index (χ2n) is 1.48. The fraction of sp³-hybridized carbons (Fsp3) is 0.143. The summed E-state index contributed by atoms with van der Waals surface area (Å²) in [6.45, 7) is 0. The van der Waals surface area contributed by atoms with E-state index in [2.05, 4.69) is 24.3 Å². The molecule has 0 atom stereocenters. The van der Waals surface area contributed by atoms with Crippen LogP contribution in [0.2, 0.25) is 0 Å². The van der Waals surface area contributed by atoms with E-state index in [9.17, 15) is 0 Å². The van der Waals surface area contributed by atoms with Gasteiger partial charge in [-0.15, -0.1) is 0 Å². The highest BCUT2D eigenvalue weighted by Crippen LogP contribution is 1.91. The van der Waals surface area contributed by atoms with Crippen LogP contribution in [-0.2, 0) is 0 Å². The molecule has 44 valence electrons. The van der Waals surface area contributed by atoms with Gasteiger partial charge in [-0.3, -0.25) is 0 Å². The summed E-state index contributed by atoms with van der Waals surface area (Å²) in [6, 6.07) is 0. The van der Waals surface area contributed by atoms with Gasteiger partial charge in [0, 0.05) is 0 Å². The molecule has 0 saturated carbocycles. The Kier molecular flexibility index (Phi) is 3.90. The SMILES string of the molecule is C1=CC=CCC=C1.N. The molecule has 0 unspecified atom stereocenters. The third-order valence-electron chi connectivity index (χ3n) is 0.878. The van der Waals surface area contributed by atoms with Crippen molar-refractivity contribution in [3.63, 3.8) is 0 Å². The summed E-state index contributed by atoms with van der Waals surface area (Å²) in [5, 5.41) is 0. The van der Waals surface area contributed by atoms with Gasteiger partial charge in [0.2, 0.25) is 0 Å². The van der Waals surface area contributed by atoms with E-state index in [4.69, 9.17) is 0 Å². The van der Waals surface area contributed by atoms with Crippen LogP contribution in [0.3, 0.4) is 0 Å². The summed E-state index contributed by atoms with van der Waals surface area (Å²) in [7, 11) is 0. The van der Waals surface area contributed by atoms with Gasteiger partial charge in [-0.25, -0.2) is 0 Å². The van der Waals surface area contributed by atoms with E-state index in [1.165, 1.54) is 0 Å². The van der Waals surface area contributed by atoms with Crippen molar-refractivity contribution < 1.29 is 0 Å². The van der Waals surface area contributed by atoms with Crippen LogP contribution in [0, 0.1) is 0 Å². The van der Waals surface area contributed by atoms with Crippen molar-refractivity contribution in [2.75, 3.05) is 0 Å². The van der Waals surface area contributed by atoms with E-state index in [1.54, 1.807) is 0 Å². The first-order chi connectivity index (χ1) is 3.50. The summed E-state index contributed by atoms with van der Waals surface area (Å²) >= 11 is 0. The number of allylic oxidation sites excluding steroid dienone is 6. The van der Waals surface area contributed by atoms with Gasteiger partial charge in [0.25, 0.3) is 0 Å². The lowest BCUT2D eigenvalue weighted by atomic mass is 10.4. The lowest BCUT2D eigenvalue weighted by Gasteiger charge is -1.69. The molecule has 0 bridgehead atoms. The number of hydrogen-bond donors (Lipinski definition) is 1. The van der Waals surface area contributed by atoms with Crippen LogP contribution in [-0.4, -0.2) is 0 Å². The molecule has 1 heteroatoms. The Hall–Kier alpha value is -0.820. The zero-order chi connectivity index (χ0) is 4.95. The summed E-state index contributed by atoms with van der Waals surface area (Å²) in [6.07, 6.45) is 13.5. The fourth-order valence-corrected chi connectivity index (χ4v) is 0.521. The van der Waals surface area contributed by atoms with Crippen molar-refractivity contribution in [2.45, 2.75) is 6.42 Å². The largest absolute Gasteiger partial charge is 0.344 e. The highest BCUT2D eigenvalue weighted by atomic mass is 14.0. The Bertz CT molecular complexity index is 106. The minimum Gasteiger partial charge on any atom is -0.344 e. The number of hydrogen-bond acceptors (Lipinski definition) is 1. The summed E-state index contributed by atoms with van der Waals surface area (Å²) in [5.74, 6) is 0. The standard InChI is InChI=1S/C7H8.H3N/c1-2-4-6-7-5-3-1;/h1-6H,7H2;1H3. The smallest absolute Gasteiger partial charge is 0.0163 e. The molecule has 0 heterocycles. The van der Waals surface area contributed by atoms with Gasteiger partial charge in [0.05, 0.1) is 0 Å². The highest BCUT2D eigenvalue weighted by Gasteiger charge is 1.70. The van der Waals surface area contributed by atoms with Crippen LogP contribution in [0.5, 0.6) is 0 Å². The zero-order valence-electron chi connectivity index (χ0n) is 4.88. The predicted octanol–water partition coefficient (Wildman–Crippen LogP) is 2.22. The first-order valence-corrected chi connectivity index (χ1v) is 2.48. The average Bonchev–Trinajstić information content (AvgIpc) is 1.90. The second-order valence-corrected chi connectivity index (χ2v) is 1.48. The minimum atomic E-state index is 0. The topological polar surface area (TPSA) is 35.0 Å². The monoisotopic (exact) mass is 109 g/mol. The summed E-state index contributed by atoms with van der Waals surface area (Å²) in [4.78, 5) is 0. The van der Waals surface area contributed by atoms with Gasteiger partial charge < -0.3 is 6.15 Å². The molecular formula is C7H11N. The molecule has 0 saturated heterocycles. The molecule has 0 radical (unpaired) electrons. The summed E-state index contributed by atoms with van der Waals surface area (Å²) < 4.78 is 0. The predicted molar refractivity (Wildman–Crippen MR) is 37.1 cm³/mol. The van der Waals surface area contributed by atoms with Gasteiger partial charge in [0.1, 0.15) is 0 Å². The Morgan fingerprint density at radius 1 is 0.750 bits per heavy atom. The molecule has 0 amide bonds. The van der Waals surface area contributed by atoms with Crippen LogP contribution in [0.15, 0.2) is 36.5 Å². The van der Waals surface area contributed by atoms with Crippen LogP contribution in [0.4, 0.5) is 0 Å². The molecule has 1 rings (SSSR count). The lowest BCUT2D eigenvalue weighted by Crippen LogP contribution is -1.48. The molecule has 0 fully saturated rings. The quantitative estimate of drug-likeness (QED) is 0.508. The van der Waals surface area contributed by atoms with E-state index >= 15 is 0 Å². The van der Waals surface area contributed by atoms with Gasteiger partial charge >= 0.3 is 0 Å². The van der Waals surface area contributed by atoms with Gasteiger partial charge in [-0.05, 0) is 6.42 Å². The molecular weight excluding hydrogens is 98.1 g/mol. The van der Waals surface area contributed by atoms with E-state index < -0.39 is 0 Å². The second kappa shape index (κ2) is 4.34. The molecule has 1 aliphatic rings. The van der Waals surface area contributed by atoms with E-state index in [1.807, 2.05) is 12.2 Å². The Balaban J connectivity index is 0.000000490. The number of rotatable bonds is 0. The molecule has 0 spiro atoms. The fourth-order valence-electron chi connectivity index (χ4n) is 0.521. The third-order valence-corrected chi connectivity index (χ3v) is 0.878. The zero-order valence-corrected chi connectivity index (χ0v) is 4.88. The third kappa shape index (κ3) is 2.37. The Morgan fingerprint density at radius 3 is 1.75 bits per heavy atom. The van der Waals surface area contributed by atoms with E-state index in [-0.39, 0.29) is 6.15 Å². The molecule has 3 N–H and O–H groups in total. The van der Waals surface area contributed by atoms with Crippen molar-refractivity contribution in [3.8, 4) is 0 Å². The normalized spacial score (nSPS) is 15.0. The average molecular weight is 109 g/mol. The first kappa shape index (κ1) is 7.18. The Labute approximate surface area is 50.0 Å². The van der Waals surface area contributed by atoms with Crippen molar-refractivity contribution >= 4 is 0 Å². The summed E-state index contributed by atoms with van der Waals surface area (Å²) in [5.41, 5.74) is 0. The van der Waals surface area contributed by atoms with Crippen LogP contribution in [0.1, 0.15) is 6.42 Å². The Morgan fingerprint density at radius 2 is 1.25 bits per heavy atom. The molecule has 0 aliphatic heterocycles. The van der Waals surface area contributed by atoms with Crippen molar-refractivity contribution in [1.29, 1.82) is 0 Å². The molecule has 0 aromatic heterocycles. The highest BCUT2D eigenvalue weighted by molar-refractivity contribution is 5.16. The van der Waals surface area contributed by atoms with Crippen LogP contribution >= 0.6 is 0 Å². The maximum absolute atomic E-state index is 2.12. The first-order valence-electron chi connectivity index (χ1n) is 2.48. The van der Waals surface area contributed by atoms with Crippen LogP contribution in [0.25, 0.3) is 0 Å².